The van der Waals surface area contributed by atoms with E-state index < -0.39 is 0 Å². The molecule has 224 valence electrons. The highest BCUT2D eigenvalue weighted by atomic mass is 15.4. The van der Waals surface area contributed by atoms with Crippen LogP contribution in [-0.4, -0.2) is 16.0 Å². The highest BCUT2D eigenvalue weighted by molar-refractivity contribution is 5.55. The lowest BCUT2D eigenvalue weighted by molar-refractivity contribution is 0.160. The molecule has 1 heterocycles. The van der Waals surface area contributed by atoms with Crippen LogP contribution in [0.3, 0.4) is 0 Å². The van der Waals surface area contributed by atoms with Gasteiger partial charge in [0.15, 0.2) is 0 Å². The van der Waals surface area contributed by atoms with Crippen LogP contribution in [0.4, 0.5) is 0 Å². The van der Waals surface area contributed by atoms with E-state index >= 15 is 0 Å². The molecule has 0 fully saturated rings. The van der Waals surface area contributed by atoms with Crippen LogP contribution < -0.4 is 0 Å². The van der Waals surface area contributed by atoms with Gasteiger partial charge in [-0.15, -0.1) is 0 Å². The molecule has 2 aliphatic rings. The number of allylic oxidation sites excluding steroid dienone is 6. The average Bonchev–Trinajstić information content (AvgIpc) is 3.24. The van der Waals surface area contributed by atoms with Gasteiger partial charge in [-0.2, -0.15) is 0 Å². The van der Waals surface area contributed by atoms with Crippen LogP contribution in [0.1, 0.15) is 124 Å². The number of hydrogen-bond acceptors (Lipinski definition) is 2. The highest BCUT2D eigenvalue weighted by Gasteiger charge is 2.33. The van der Waals surface area contributed by atoms with E-state index in [0.717, 1.165) is 32.2 Å². The van der Waals surface area contributed by atoms with Crippen LogP contribution in [-0.2, 0) is 18.4 Å². The number of unbranched alkanes of at least 4 members (excludes halogenated alkanes) is 2. The Morgan fingerprint density at radius 2 is 1.73 bits per heavy atom. The van der Waals surface area contributed by atoms with E-state index in [4.69, 9.17) is 0 Å². The number of nitrogens with zero attached hydrogens (tertiary/aromatic N) is 2. The van der Waals surface area contributed by atoms with Crippen LogP contribution in [0.15, 0.2) is 78.3 Å². The predicted octanol–water partition coefficient (Wildman–Crippen LogP) is 11.1. The third kappa shape index (κ3) is 8.63. The Hall–Kier alpha value is -2.74. The summed E-state index contributed by atoms with van der Waals surface area (Å²) in [5.41, 5.74) is 11.5. The molecule has 2 nitrogen and oxygen atoms in total. The zero-order chi connectivity index (χ0) is 30.5. The zero-order valence-corrected chi connectivity index (χ0v) is 28.0. The summed E-state index contributed by atoms with van der Waals surface area (Å²) in [6.07, 6.45) is 20.6. The van der Waals surface area contributed by atoms with Crippen LogP contribution in [0, 0.1) is 11.3 Å². The van der Waals surface area contributed by atoms with Crippen molar-refractivity contribution in [1.29, 1.82) is 0 Å². The van der Waals surface area contributed by atoms with Crippen molar-refractivity contribution in [2.45, 2.75) is 126 Å². The number of benzene rings is 1. The van der Waals surface area contributed by atoms with Crippen LogP contribution in [0.5, 0.6) is 0 Å². The maximum atomic E-state index is 4.13. The van der Waals surface area contributed by atoms with Crippen molar-refractivity contribution in [2.75, 3.05) is 0 Å². The summed E-state index contributed by atoms with van der Waals surface area (Å²) in [7, 11) is 0. The van der Waals surface area contributed by atoms with Gasteiger partial charge in [0.1, 0.15) is 6.17 Å². The van der Waals surface area contributed by atoms with E-state index in [0.29, 0.717) is 12.1 Å². The molecule has 0 saturated heterocycles. The van der Waals surface area contributed by atoms with Gasteiger partial charge >= 0.3 is 0 Å². The van der Waals surface area contributed by atoms with Gasteiger partial charge in [0, 0.05) is 24.6 Å². The van der Waals surface area contributed by atoms with Crippen molar-refractivity contribution >= 4 is 6.08 Å². The first-order chi connectivity index (χ1) is 19.1. The second-order valence-corrected chi connectivity index (χ2v) is 14.9. The fourth-order valence-corrected chi connectivity index (χ4v) is 6.63. The highest BCUT2D eigenvalue weighted by Crippen LogP contribution is 2.39. The summed E-state index contributed by atoms with van der Waals surface area (Å²) in [5, 5.41) is 0. The maximum absolute atomic E-state index is 4.13. The van der Waals surface area contributed by atoms with E-state index in [2.05, 4.69) is 129 Å². The third-order valence-electron chi connectivity index (χ3n) is 8.50. The standard InChI is InChI=1S/C39H58N2/c1-13-28(3)18-16-15-17-19-36-40(20-21-41(36)37-30(5)22-29(4)23-31(37)6)27-34-33(26-38(7,8)9)24-32(14-2)25-35(34)39(10,11)12/h13-14,18,20-22,24-25,29,36H,1-2,15-17,19,23,26-27H2,3-12H3/b28-18-. The van der Waals surface area contributed by atoms with E-state index in [-0.39, 0.29) is 10.8 Å². The molecule has 0 aromatic heterocycles. The minimum Gasteiger partial charge on any atom is -0.351 e. The Balaban J connectivity index is 2.01. The lowest BCUT2D eigenvalue weighted by Crippen LogP contribution is -2.39. The minimum atomic E-state index is 0.0485. The van der Waals surface area contributed by atoms with Gasteiger partial charge < -0.3 is 9.80 Å². The first-order valence-corrected chi connectivity index (χ1v) is 15.8. The fourth-order valence-electron chi connectivity index (χ4n) is 6.63. The fraction of sp³-hybridized carbons (Fsp3) is 0.538. The number of rotatable bonds is 11. The summed E-state index contributed by atoms with van der Waals surface area (Å²) in [6.45, 7) is 32.2. The molecule has 1 aliphatic carbocycles. The molecule has 0 saturated carbocycles. The first kappa shape index (κ1) is 32.8. The van der Waals surface area contributed by atoms with E-state index in [1.165, 1.54) is 57.5 Å². The zero-order valence-electron chi connectivity index (χ0n) is 28.0. The molecule has 0 bridgehead atoms. The molecule has 2 unspecified atom stereocenters. The molecule has 3 rings (SSSR count). The minimum absolute atomic E-state index is 0.0485. The van der Waals surface area contributed by atoms with E-state index in [1.807, 2.05) is 12.2 Å². The molecule has 1 aromatic carbocycles. The van der Waals surface area contributed by atoms with Gasteiger partial charge in [-0.3, -0.25) is 0 Å². The molecule has 0 amide bonds. The van der Waals surface area contributed by atoms with Crippen LogP contribution >= 0.6 is 0 Å². The largest absolute Gasteiger partial charge is 0.351 e. The molecule has 41 heavy (non-hydrogen) atoms. The SMILES string of the molecule is C=C/C(C)=C\CCCCC1N(Cc2c(CC(C)(C)C)cc(C=C)cc2C(C)(C)C)C=CN1C1=C(C)CC(C)C=C1C. The van der Waals surface area contributed by atoms with Crippen molar-refractivity contribution in [3.8, 4) is 0 Å². The van der Waals surface area contributed by atoms with Gasteiger partial charge in [-0.1, -0.05) is 104 Å². The second-order valence-electron chi connectivity index (χ2n) is 14.9. The summed E-state index contributed by atoms with van der Waals surface area (Å²) < 4.78 is 0. The van der Waals surface area contributed by atoms with Gasteiger partial charge in [-0.05, 0) is 109 Å². The van der Waals surface area contributed by atoms with Crippen molar-refractivity contribution < 1.29 is 0 Å². The molecule has 2 heteroatoms. The topological polar surface area (TPSA) is 6.48 Å². The van der Waals surface area contributed by atoms with Crippen molar-refractivity contribution in [1.82, 2.24) is 9.80 Å². The van der Waals surface area contributed by atoms with Gasteiger partial charge in [-0.25, -0.2) is 0 Å². The van der Waals surface area contributed by atoms with Gasteiger partial charge in [0.05, 0.1) is 0 Å². The molecular formula is C39H58N2. The Morgan fingerprint density at radius 1 is 1.02 bits per heavy atom. The smallest absolute Gasteiger partial charge is 0.106 e. The van der Waals surface area contributed by atoms with E-state index in [1.54, 1.807) is 0 Å². The summed E-state index contributed by atoms with van der Waals surface area (Å²) >= 11 is 0. The lowest BCUT2D eigenvalue weighted by atomic mass is 9.77. The molecular weight excluding hydrogens is 496 g/mol. The molecule has 0 N–H and O–H groups in total. The Kier molecular flexibility index (Phi) is 10.8. The van der Waals surface area contributed by atoms with E-state index in [9.17, 15) is 0 Å². The van der Waals surface area contributed by atoms with Crippen LogP contribution in [0.2, 0.25) is 0 Å². The summed E-state index contributed by atoms with van der Waals surface area (Å²) in [5.74, 6) is 0.609. The normalized spacial score (nSPS) is 20.1. The summed E-state index contributed by atoms with van der Waals surface area (Å²) in [4.78, 5) is 5.22. The molecule has 0 radical (unpaired) electrons. The quantitative estimate of drug-likeness (QED) is 0.198. The van der Waals surface area contributed by atoms with Crippen LogP contribution in [0.25, 0.3) is 6.08 Å². The second kappa shape index (κ2) is 13.5. The summed E-state index contributed by atoms with van der Waals surface area (Å²) in [6, 6.07) is 4.78. The maximum Gasteiger partial charge on any atom is 0.106 e. The predicted molar refractivity (Wildman–Crippen MR) is 181 cm³/mol. The number of hydrogen-bond donors (Lipinski definition) is 0. The van der Waals surface area contributed by atoms with Crippen molar-refractivity contribution in [3.63, 3.8) is 0 Å². The first-order valence-electron chi connectivity index (χ1n) is 15.8. The molecule has 1 aliphatic heterocycles. The van der Waals surface area contributed by atoms with Gasteiger partial charge in [0.25, 0.3) is 0 Å². The molecule has 2 atom stereocenters. The molecule has 1 aromatic rings. The van der Waals surface area contributed by atoms with Gasteiger partial charge in [0.2, 0.25) is 0 Å². The average molecular weight is 555 g/mol. The van der Waals surface area contributed by atoms with Crippen molar-refractivity contribution in [2.24, 2.45) is 11.3 Å². The van der Waals surface area contributed by atoms with Crippen molar-refractivity contribution in [3.05, 3.63) is 101 Å². The Bertz CT molecular complexity index is 1220. The molecule has 0 spiro atoms. The monoisotopic (exact) mass is 554 g/mol. The lowest BCUT2D eigenvalue weighted by Gasteiger charge is -2.38. The third-order valence-corrected chi connectivity index (χ3v) is 8.50. The Labute approximate surface area is 253 Å². The Morgan fingerprint density at radius 3 is 2.32 bits per heavy atom.